The number of oxazole rings is 1. The second-order valence-electron chi connectivity index (χ2n) is 3.16. The van der Waals surface area contributed by atoms with Crippen LogP contribution in [0.3, 0.4) is 0 Å². The fourth-order valence-electron chi connectivity index (χ4n) is 1.31. The first-order valence-electron chi connectivity index (χ1n) is 4.50. The molecule has 15 heavy (non-hydrogen) atoms. The zero-order chi connectivity index (χ0) is 10.8. The van der Waals surface area contributed by atoms with E-state index in [9.17, 15) is 5.11 Å². The highest BCUT2D eigenvalue weighted by Crippen LogP contribution is 2.30. The number of ether oxygens (including phenoxy) is 1. The third-order valence-corrected chi connectivity index (χ3v) is 2.05. The van der Waals surface area contributed by atoms with E-state index in [1.807, 2.05) is 6.92 Å². The molecule has 0 saturated heterocycles. The normalized spacial score (nSPS) is 10.3. The molecular formula is C11H11NO3. The van der Waals surface area contributed by atoms with Gasteiger partial charge in [0.1, 0.15) is 5.76 Å². The van der Waals surface area contributed by atoms with Crippen LogP contribution >= 0.6 is 0 Å². The van der Waals surface area contributed by atoms with Crippen molar-refractivity contribution in [2.24, 2.45) is 0 Å². The average Bonchev–Trinajstić information content (AvgIpc) is 2.65. The first-order chi connectivity index (χ1) is 7.20. The molecule has 4 nitrogen and oxygen atoms in total. The van der Waals surface area contributed by atoms with Gasteiger partial charge in [-0.05, 0) is 25.1 Å². The van der Waals surface area contributed by atoms with Gasteiger partial charge < -0.3 is 14.3 Å². The summed E-state index contributed by atoms with van der Waals surface area (Å²) in [7, 11) is 1.50. The lowest BCUT2D eigenvalue weighted by Crippen LogP contribution is -1.84. The maximum atomic E-state index is 9.57. The van der Waals surface area contributed by atoms with E-state index in [2.05, 4.69) is 4.98 Å². The van der Waals surface area contributed by atoms with E-state index < -0.39 is 0 Å². The van der Waals surface area contributed by atoms with Gasteiger partial charge >= 0.3 is 0 Å². The molecule has 2 rings (SSSR count). The van der Waals surface area contributed by atoms with Crippen LogP contribution in [-0.4, -0.2) is 17.2 Å². The summed E-state index contributed by atoms with van der Waals surface area (Å²) in [6.45, 7) is 1.82. The van der Waals surface area contributed by atoms with Crippen LogP contribution in [0, 0.1) is 6.92 Å². The number of phenolic OH excluding ortho intramolecular Hbond substituents is 1. The molecule has 1 aromatic carbocycles. The Morgan fingerprint density at radius 1 is 1.40 bits per heavy atom. The molecule has 4 heteroatoms. The molecule has 2 aromatic rings. The van der Waals surface area contributed by atoms with Gasteiger partial charge in [0.15, 0.2) is 11.5 Å². The summed E-state index contributed by atoms with van der Waals surface area (Å²) in [6, 6.07) is 5.01. The molecule has 78 valence electrons. The Kier molecular flexibility index (Phi) is 2.33. The van der Waals surface area contributed by atoms with Gasteiger partial charge in [0, 0.05) is 5.56 Å². The highest BCUT2D eigenvalue weighted by atomic mass is 16.5. The lowest BCUT2D eigenvalue weighted by molar-refractivity contribution is 0.373. The summed E-state index contributed by atoms with van der Waals surface area (Å²) >= 11 is 0. The summed E-state index contributed by atoms with van der Waals surface area (Å²) in [6.07, 6.45) is 1.64. The average molecular weight is 205 g/mol. The highest BCUT2D eigenvalue weighted by molar-refractivity contribution is 5.59. The number of benzene rings is 1. The van der Waals surface area contributed by atoms with Crippen LogP contribution in [0.25, 0.3) is 11.5 Å². The summed E-state index contributed by atoms with van der Waals surface area (Å²) in [4.78, 5) is 4.06. The summed E-state index contributed by atoms with van der Waals surface area (Å²) in [5.41, 5.74) is 0.724. The Bertz CT molecular complexity index is 476. The highest BCUT2D eigenvalue weighted by Gasteiger charge is 2.08. The maximum absolute atomic E-state index is 9.57. The van der Waals surface area contributed by atoms with E-state index in [0.29, 0.717) is 11.6 Å². The molecule has 0 amide bonds. The number of aromatic hydroxyl groups is 1. The molecule has 0 unspecified atom stereocenters. The second-order valence-corrected chi connectivity index (χ2v) is 3.16. The van der Waals surface area contributed by atoms with Gasteiger partial charge in [0.2, 0.25) is 5.89 Å². The monoisotopic (exact) mass is 205 g/mol. The van der Waals surface area contributed by atoms with Crippen molar-refractivity contribution in [2.45, 2.75) is 6.92 Å². The van der Waals surface area contributed by atoms with Crippen molar-refractivity contribution in [1.82, 2.24) is 4.98 Å². The van der Waals surface area contributed by atoms with E-state index >= 15 is 0 Å². The standard InChI is InChI=1S/C11H11NO3/c1-7-6-12-11(15-7)8-3-4-10(14-2)9(13)5-8/h3-6,13H,1-2H3. The van der Waals surface area contributed by atoms with Crippen molar-refractivity contribution in [2.75, 3.05) is 7.11 Å². The van der Waals surface area contributed by atoms with E-state index in [4.69, 9.17) is 9.15 Å². The van der Waals surface area contributed by atoms with Crippen LogP contribution in [0.5, 0.6) is 11.5 Å². The zero-order valence-electron chi connectivity index (χ0n) is 8.52. The van der Waals surface area contributed by atoms with Gasteiger partial charge in [-0.1, -0.05) is 0 Å². The molecule has 0 bridgehead atoms. The van der Waals surface area contributed by atoms with Crippen molar-refractivity contribution in [3.05, 3.63) is 30.2 Å². The van der Waals surface area contributed by atoms with Crippen LogP contribution in [0.2, 0.25) is 0 Å². The van der Waals surface area contributed by atoms with Crippen molar-refractivity contribution in [1.29, 1.82) is 0 Å². The molecule has 0 radical (unpaired) electrons. The largest absolute Gasteiger partial charge is 0.504 e. The Morgan fingerprint density at radius 2 is 2.20 bits per heavy atom. The topological polar surface area (TPSA) is 55.5 Å². The van der Waals surface area contributed by atoms with E-state index in [0.717, 1.165) is 11.3 Å². The molecule has 0 aliphatic carbocycles. The van der Waals surface area contributed by atoms with Gasteiger partial charge in [-0.25, -0.2) is 4.98 Å². The number of hydrogen-bond acceptors (Lipinski definition) is 4. The zero-order valence-corrected chi connectivity index (χ0v) is 8.52. The van der Waals surface area contributed by atoms with Crippen molar-refractivity contribution in [3.63, 3.8) is 0 Å². The second kappa shape index (κ2) is 3.65. The molecule has 0 saturated carbocycles. The minimum atomic E-state index is 0.0749. The van der Waals surface area contributed by atoms with Crippen molar-refractivity contribution >= 4 is 0 Å². The lowest BCUT2D eigenvalue weighted by Gasteiger charge is -2.03. The Balaban J connectivity index is 2.42. The molecule has 0 aliphatic heterocycles. The third-order valence-electron chi connectivity index (χ3n) is 2.05. The summed E-state index contributed by atoms with van der Waals surface area (Å²) < 4.78 is 10.3. The van der Waals surface area contributed by atoms with Crippen LogP contribution in [0.15, 0.2) is 28.8 Å². The number of hydrogen-bond donors (Lipinski definition) is 1. The molecule has 1 aromatic heterocycles. The number of nitrogens with zero attached hydrogens (tertiary/aromatic N) is 1. The van der Waals surface area contributed by atoms with Crippen LogP contribution in [0.1, 0.15) is 5.76 Å². The predicted octanol–water partition coefficient (Wildman–Crippen LogP) is 2.36. The number of aryl methyl sites for hydroxylation is 1. The SMILES string of the molecule is COc1ccc(-c2ncc(C)o2)cc1O. The third kappa shape index (κ3) is 1.79. The Labute approximate surface area is 87.1 Å². The number of rotatable bonds is 2. The van der Waals surface area contributed by atoms with Gasteiger partial charge in [-0.15, -0.1) is 0 Å². The predicted molar refractivity (Wildman–Crippen MR) is 54.9 cm³/mol. The van der Waals surface area contributed by atoms with Crippen LogP contribution < -0.4 is 4.74 Å². The van der Waals surface area contributed by atoms with Gasteiger partial charge in [0.25, 0.3) is 0 Å². The number of aromatic nitrogens is 1. The molecule has 0 fully saturated rings. The Hall–Kier alpha value is -1.97. The molecule has 0 atom stereocenters. The van der Waals surface area contributed by atoms with E-state index in [1.54, 1.807) is 24.4 Å². The molecule has 1 heterocycles. The first kappa shape index (κ1) is 9.58. The minimum Gasteiger partial charge on any atom is -0.504 e. The fourth-order valence-corrected chi connectivity index (χ4v) is 1.31. The van der Waals surface area contributed by atoms with Crippen LogP contribution in [-0.2, 0) is 0 Å². The number of methoxy groups -OCH3 is 1. The number of phenols is 1. The molecule has 0 spiro atoms. The molecule has 1 N–H and O–H groups in total. The molecule has 0 aliphatic rings. The lowest BCUT2D eigenvalue weighted by atomic mass is 10.2. The minimum absolute atomic E-state index is 0.0749. The summed E-state index contributed by atoms with van der Waals surface area (Å²) in [5, 5.41) is 9.57. The Morgan fingerprint density at radius 3 is 2.73 bits per heavy atom. The molecular weight excluding hydrogens is 194 g/mol. The van der Waals surface area contributed by atoms with Gasteiger partial charge in [-0.3, -0.25) is 0 Å². The van der Waals surface area contributed by atoms with Crippen molar-refractivity contribution < 1.29 is 14.3 Å². The maximum Gasteiger partial charge on any atom is 0.226 e. The van der Waals surface area contributed by atoms with E-state index in [-0.39, 0.29) is 5.75 Å². The van der Waals surface area contributed by atoms with Gasteiger partial charge in [-0.2, -0.15) is 0 Å². The quantitative estimate of drug-likeness (QED) is 0.817. The fraction of sp³-hybridized carbons (Fsp3) is 0.182. The van der Waals surface area contributed by atoms with Crippen molar-refractivity contribution in [3.8, 4) is 23.0 Å². The van der Waals surface area contributed by atoms with E-state index in [1.165, 1.54) is 7.11 Å². The first-order valence-corrected chi connectivity index (χ1v) is 4.50. The van der Waals surface area contributed by atoms with Gasteiger partial charge in [0.05, 0.1) is 13.3 Å². The summed E-state index contributed by atoms with van der Waals surface area (Å²) in [5.74, 6) is 1.73. The van der Waals surface area contributed by atoms with Crippen LogP contribution in [0.4, 0.5) is 0 Å². The smallest absolute Gasteiger partial charge is 0.226 e.